The van der Waals surface area contributed by atoms with Crippen molar-refractivity contribution in [2.75, 3.05) is 32.9 Å². The number of hydrogen-bond acceptors (Lipinski definition) is 7. The summed E-state index contributed by atoms with van der Waals surface area (Å²) in [6.07, 6.45) is 1.65. The Morgan fingerprint density at radius 3 is 2.58 bits per heavy atom. The highest BCUT2D eigenvalue weighted by Gasteiger charge is 2.38. The minimum atomic E-state index is -0.562. The first kappa shape index (κ1) is 28.3. The van der Waals surface area contributed by atoms with Gasteiger partial charge in [0.1, 0.15) is 34.9 Å². The Kier molecular flexibility index (Phi) is 8.30. The van der Waals surface area contributed by atoms with E-state index in [1.807, 2.05) is 12.1 Å². The predicted octanol–water partition coefficient (Wildman–Crippen LogP) is 3.09. The number of rotatable bonds is 6. The van der Waals surface area contributed by atoms with Gasteiger partial charge in [-0.15, -0.1) is 0 Å². The highest BCUT2D eigenvalue weighted by atomic mass is 19.1. The van der Waals surface area contributed by atoms with Gasteiger partial charge in [-0.25, -0.2) is 4.39 Å². The molecule has 4 bridgehead atoms. The molecule has 2 N–H and O–H groups in total. The van der Waals surface area contributed by atoms with Gasteiger partial charge in [-0.2, -0.15) is 0 Å². The fraction of sp³-hybridized carbons (Fsp3) is 0.344. The van der Waals surface area contributed by atoms with Gasteiger partial charge >= 0.3 is 0 Å². The first-order valence-electron chi connectivity index (χ1n) is 14.3. The average Bonchev–Trinajstić information content (AvgIpc) is 3.76. The highest BCUT2D eigenvalue weighted by molar-refractivity contribution is 5.95. The number of likely N-dealkylation sites (tertiary alicyclic amines) is 1. The van der Waals surface area contributed by atoms with Crippen molar-refractivity contribution in [3.05, 3.63) is 83.7 Å². The van der Waals surface area contributed by atoms with Gasteiger partial charge in [0.15, 0.2) is 13.2 Å². The van der Waals surface area contributed by atoms with Crippen molar-refractivity contribution in [1.29, 1.82) is 0 Å². The molecule has 1 saturated heterocycles. The summed E-state index contributed by atoms with van der Waals surface area (Å²) in [5.41, 5.74) is 1.15. The zero-order valence-electron chi connectivity index (χ0n) is 23.4. The number of halogens is 1. The molecule has 0 radical (unpaired) electrons. The van der Waals surface area contributed by atoms with E-state index < -0.39 is 23.9 Å². The number of nitrogens with one attached hydrogen (secondary N) is 2. The van der Waals surface area contributed by atoms with E-state index in [-0.39, 0.29) is 49.4 Å². The molecule has 3 heterocycles. The number of ether oxygens (including phenoxy) is 4. The number of nitrogens with zero attached hydrogens (tertiary/aromatic N) is 1. The molecule has 2 fully saturated rings. The predicted molar refractivity (Wildman–Crippen MR) is 153 cm³/mol. The summed E-state index contributed by atoms with van der Waals surface area (Å²) in [5.74, 6) is 0.594. The molecule has 3 aliphatic heterocycles. The Labute approximate surface area is 248 Å². The lowest BCUT2D eigenvalue weighted by Gasteiger charge is -2.21. The van der Waals surface area contributed by atoms with Crippen LogP contribution in [0.2, 0.25) is 0 Å². The smallest absolute Gasteiger partial charge is 0.260 e. The van der Waals surface area contributed by atoms with Crippen LogP contribution in [0.25, 0.3) is 0 Å². The molecule has 3 aromatic carbocycles. The van der Waals surface area contributed by atoms with Crippen molar-refractivity contribution in [1.82, 2.24) is 15.5 Å². The van der Waals surface area contributed by atoms with Crippen molar-refractivity contribution in [2.24, 2.45) is 5.92 Å². The van der Waals surface area contributed by atoms with Gasteiger partial charge in [0.05, 0.1) is 19.2 Å². The van der Waals surface area contributed by atoms with Gasteiger partial charge in [0.2, 0.25) is 0 Å². The molecule has 10 nitrogen and oxygen atoms in total. The molecule has 0 aromatic heterocycles. The molecule has 11 heteroatoms. The minimum Gasteiger partial charge on any atom is -0.493 e. The third-order valence-corrected chi connectivity index (χ3v) is 7.49. The summed E-state index contributed by atoms with van der Waals surface area (Å²) in [5, 5.41) is 5.84. The topological polar surface area (TPSA) is 115 Å². The zero-order chi connectivity index (χ0) is 29.8. The fourth-order valence-electron chi connectivity index (χ4n) is 4.91. The fourth-order valence-corrected chi connectivity index (χ4v) is 4.91. The second-order valence-electron chi connectivity index (χ2n) is 10.9. The van der Waals surface area contributed by atoms with E-state index in [9.17, 15) is 18.8 Å². The van der Waals surface area contributed by atoms with Crippen LogP contribution in [-0.4, -0.2) is 67.7 Å². The normalized spacial score (nSPS) is 20.2. The van der Waals surface area contributed by atoms with Crippen LogP contribution in [0, 0.1) is 11.7 Å². The summed E-state index contributed by atoms with van der Waals surface area (Å²) in [6, 6.07) is 17.1. The van der Waals surface area contributed by atoms with Crippen molar-refractivity contribution in [2.45, 2.75) is 31.5 Å². The Balaban J connectivity index is 1.22. The molecule has 2 atom stereocenters. The van der Waals surface area contributed by atoms with E-state index >= 15 is 0 Å². The molecule has 0 unspecified atom stereocenters. The number of hydrogen-bond donors (Lipinski definition) is 2. The maximum atomic E-state index is 13.6. The van der Waals surface area contributed by atoms with Crippen LogP contribution in [0.15, 0.2) is 66.7 Å². The van der Waals surface area contributed by atoms with E-state index in [4.69, 9.17) is 18.9 Å². The number of carbonyl (C=O) groups excluding carboxylic acids is 3. The third kappa shape index (κ3) is 7.54. The SMILES string of the molecule is O=C1COc2cc(OCC3CC3)cc(c2)C(=O)N[C@H]2CN(C(=O)COc3cccc(F)c3)C[C@@H]2Oc2ccc(cc2)CN1. The van der Waals surface area contributed by atoms with Gasteiger partial charge in [-0.05, 0) is 60.7 Å². The molecule has 7 rings (SSSR count). The highest BCUT2D eigenvalue weighted by Crippen LogP contribution is 2.31. The number of fused-ring (bicyclic) bond motifs is 7. The molecule has 43 heavy (non-hydrogen) atoms. The number of benzene rings is 3. The van der Waals surface area contributed by atoms with Crippen molar-refractivity contribution >= 4 is 17.7 Å². The van der Waals surface area contributed by atoms with Gasteiger partial charge in [0, 0.05) is 30.8 Å². The Morgan fingerprint density at radius 2 is 1.79 bits per heavy atom. The molecular weight excluding hydrogens is 557 g/mol. The third-order valence-electron chi connectivity index (χ3n) is 7.49. The summed E-state index contributed by atoms with van der Waals surface area (Å²) in [7, 11) is 0. The van der Waals surface area contributed by atoms with Crippen LogP contribution in [0.1, 0.15) is 28.8 Å². The standard InChI is InChI=1S/C32H32FN3O7/c33-23-2-1-3-25(12-23)42-19-31(38)36-15-28-29(16-36)43-24-8-6-20(7-9-24)14-34-30(37)18-41-27-11-22(32(39)35-28)10-26(13-27)40-17-21-4-5-21/h1-3,6-13,21,28-29H,4-5,14-19H2,(H,34,37)(H,35,39)/t28-,29-/m0/s1. The van der Waals surface area contributed by atoms with Crippen molar-refractivity contribution in [3.8, 4) is 23.0 Å². The molecule has 1 aliphatic carbocycles. The monoisotopic (exact) mass is 589 g/mol. The summed E-state index contributed by atoms with van der Waals surface area (Å²) < 4.78 is 37.0. The average molecular weight is 590 g/mol. The van der Waals surface area contributed by atoms with Crippen LogP contribution in [-0.2, 0) is 16.1 Å². The van der Waals surface area contributed by atoms with E-state index in [1.165, 1.54) is 18.2 Å². The molecule has 3 aromatic rings. The summed E-state index contributed by atoms with van der Waals surface area (Å²) in [6.45, 7) is 0.700. The van der Waals surface area contributed by atoms with Crippen LogP contribution < -0.4 is 29.6 Å². The van der Waals surface area contributed by atoms with Gasteiger partial charge in [-0.1, -0.05) is 18.2 Å². The molecule has 3 amide bonds. The van der Waals surface area contributed by atoms with E-state index in [0.29, 0.717) is 36.3 Å². The molecule has 4 aliphatic rings. The van der Waals surface area contributed by atoms with Crippen molar-refractivity contribution < 1.29 is 37.7 Å². The van der Waals surface area contributed by atoms with Gasteiger partial charge < -0.3 is 34.5 Å². The van der Waals surface area contributed by atoms with Crippen LogP contribution in [0.3, 0.4) is 0 Å². The van der Waals surface area contributed by atoms with Gasteiger partial charge in [-0.3, -0.25) is 14.4 Å². The quantitative estimate of drug-likeness (QED) is 0.454. The second-order valence-corrected chi connectivity index (χ2v) is 10.9. The van der Waals surface area contributed by atoms with E-state index in [2.05, 4.69) is 10.6 Å². The first-order chi connectivity index (χ1) is 20.9. The lowest BCUT2D eigenvalue weighted by molar-refractivity contribution is -0.132. The second kappa shape index (κ2) is 12.6. The van der Waals surface area contributed by atoms with Gasteiger partial charge in [0.25, 0.3) is 17.7 Å². The van der Waals surface area contributed by atoms with E-state index in [0.717, 1.165) is 18.4 Å². The molecule has 1 saturated carbocycles. The zero-order valence-corrected chi connectivity index (χ0v) is 23.4. The molecule has 224 valence electrons. The van der Waals surface area contributed by atoms with Crippen LogP contribution in [0.5, 0.6) is 23.0 Å². The number of amides is 3. The van der Waals surface area contributed by atoms with E-state index in [1.54, 1.807) is 41.3 Å². The Hall–Kier alpha value is -4.80. The Bertz CT molecular complexity index is 1490. The summed E-state index contributed by atoms with van der Waals surface area (Å²) in [4.78, 5) is 40.6. The maximum absolute atomic E-state index is 13.6. The largest absolute Gasteiger partial charge is 0.493 e. The van der Waals surface area contributed by atoms with Crippen molar-refractivity contribution in [3.63, 3.8) is 0 Å². The van der Waals surface area contributed by atoms with Crippen LogP contribution >= 0.6 is 0 Å². The maximum Gasteiger partial charge on any atom is 0.260 e. The lowest BCUT2D eigenvalue weighted by atomic mass is 10.1. The lowest BCUT2D eigenvalue weighted by Crippen LogP contribution is -2.45. The molecule has 0 spiro atoms. The minimum absolute atomic E-state index is 0.180. The first-order valence-corrected chi connectivity index (χ1v) is 14.3. The molecular formula is C32H32FN3O7. The summed E-state index contributed by atoms with van der Waals surface area (Å²) >= 11 is 0. The Morgan fingerprint density at radius 1 is 0.953 bits per heavy atom. The van der Waals surface area contributed by atoms with Crippen LogP contribution in [0.4, 0.5) is 4.39 Å². The number of carbonyl (C=O) groups is 3.